The molecule has 1 aliphatic heterocycles. The lowest BCUT2D eigenvalue weighted by molar-refractivity contribution is -0.385. The van der Waals surface area contributed by atoms with Gasteiger partial charge in [0, 0.05) is 47.8 Å². The molecule has 1 aromatic rings. The molecular formula is C13H17N3O3S. The average Bonchev–Trinajstić information content (AvgIpc) is 2.41. The molecule has 1 aromatic carbocycles. The minimum Gasteiger partial charge on any atom is -0.326 e. The molecule has 1 saturated heterocycles. The van der Waals surface area contributed by atoms with Gasteiger partial charge in [-0.1, -0.05) is 6.07 Å². The number of thioether (sulfide) groups is 1. The van der Waals surface area contributed by atoms with E-state index in [2.05, 4.69) is 10.6 Å². The van der Waals surface area contributed by atoms with E-state index in [4.69, 9.17) is 0 Å². The summed E-state index contributed by atoms with van der Waals surface area (Å²) in [4.78, 5) is 22.3. The molecule has 2 N–H and O–H groups in total. The Labute approximate surface area is 121 Å². The van der Waals surface area contributed by atoms with Gasteiger partial charge < -0.3 is 10.6 Å². The van der Waals surface area contributed by atoms with Gasteiger partial charge in [-0.15, -0.1) is 0 Å². The van der Waals surface area contributed by atoms with Crippen LogP contribution in [0.25, 0.3) is 0 Å². The Bertz CT molecular complexity index is 516. The van der Waals surface area contributed by atoms with Crippen molar-refractivity contribution in [3.05, 3.63) is 33.9 Å². The Morgan fingerprint density at radius 1 is 1.60 bits per heavy atom. The third-order valence-electron chi connectivity index (χ3n) is 3.12. The van der Waals surface area contributed by atoms with E-state index in [1.165, 1.54) is 6.07 Å². The summed E-state index contributed by atoms with van der Waals surface area (Å²) in [7, 11) is 0. The molecule has 1 heterocycles. The van der Waals surface area contributed by atoms with Crippen LogP contribution in [0, 0.1) is 17.0 Å². The van der Waals surface area contributed by atoms with Crippen molar-refractivity contribution in [1.82, 2.24) is 5.32 Å². The van der Waals surface area contributed by atoms with Gasteiger partial charge in [0.05, 0.1) is 4.92 Å². The van der Waals surface area contributed by atoms with Crippen molar-refractivity contribution in [2.75, 3.05) is 23.4 Å². The minimum atomic E-state index is -0.440. The molecule has 7 heteroatoms. The average molecular weight is 295 g/mol. The molecule has 1 atom stereocenters. The number of carbonyl (C=O) groups is 1. The second kappa shape index (κ2) is 6.71. The van der Waals surface area contributed by atoms with Gasteiger partial charge in [0.25, 0.3) is 5.69 Å². The molecule has 20 heavy (non-hydrogen) atoms. The number of anilines is 1. The molecule has 0 aliphatic carbocycles. The number of rotatable bonds is 4. The van der Waals surface area contributed by atoms with Gasteiger partial charge in [-0.25, -0.2) is 0 Å². The van der Waals surface area contributed by atoms with Crippen LogP contribution >= 0.6 is 11.8 Å². The Morgan fingerprint density at radius 3 is 3.05 bits per heavy atom. The summed E-state index contributed by atoms with van der Waals surface area (Å²) >= 11 is 1.83. The predicted octanol–water partition coefficient (Wildman–Crippen LogP) is 1.94. The molecule has 108 valence electrons. The summed E-state index contributed by atoms with van der Waals surface area (Å²) in [5.41, 5.74) is 1.07. The highest BCUT2D eigenvalue weighted by molar-refractivity contribution is 7.99. The van der Waals surface area contributed by atoms with Crippen LogP contribution in [0.4, 0.5) is 11.4 Å². The molecule has 6 nitrogen and oxygen atoms in total. The van der Waals surface area contributed by atoms with Crippen LogP contribution in [0.1, 0.15) is 12.0 Å². The first kappa shape index (κ1) is 14.8. The van der Waals surface area contributed by atoms with Gasteiger partial charge in [-0.2, -0.15) is 11.8 Å². The molecular weight excluding hydrogens is 278 g/mol. The van der Waals surface area contributed by atoms with Gasteiger partial charge >= 0.3 is 0 Å². The fourth-order valence-electron chi connectivity index (χ4n) is 2.07. The van der Waals surface area contributed by atoms with E-state index in [0.717, 1.165) is 18.1 Å². The van der Waals surface area contributed by atoms with Crippen LogP contribution in [0.5, 0.6) is 0 Å². The summed E-state index contributed by atoms with van der Waals surface area (Å²) in [5, 5.41) is 16.9. The number of nitrogens with zero attached hydrogens (tertiary/aromatic N) is 1. The zero-order chi connectivity index (χ0) is 14.5. The van der Waals surface area contributed by atoms with Crippen molar-refractivity contribution in [3.63, 3.8) is 0 Å². The highest BCUT2D eigenvalue weighted by atomic mass is 32.2. The monoisotopic (exact) mass is 295 g/mol. The van der Waals surface area contributed by atoms with Gasteiger partial charge in [-0.3, -0.25) is 14.9 Å². The van der Waals surface area contributed by atoms with Gasteiger partial charge in [0.15, 0.2) is 0 Å². The topological polar surface area (TPSA) is 84.3 Å². The molecule has 0 saturated carbocycles. The second-order valence-corrected chi connectivity index (χ2v) is 5.89. The van der Waals surface area contributed by atoms with Crippen LogP contribution in [0.2, 0.25) is 0 Å². The Kier molecular flexibility index (Phi) is 4.97. The zero-order valence-corrected chi connectivity index (χ0v) is 12.0. The summed E-state index contributed by atoms with van der Waals surface area (Å²) < 4.78 is 0. The van der Waals surface area contributed by atoms with Crippen molar-refractivity contribution in [2.45, 2.75) is 19.4 Å². The summed E-state index contributed by atoms with van der Waals surface area (Å²) in [6.07, 6.45) is 0.384. The largest absolute Gasteiger partial charge is 0.326 e. The quantitative estimate of drug-likeness (QED) is 0.655. The maximum absolute atomic E-state index is 11.9. The molecule has 1 unspecified atom stereocenters. The first-order chi connectivity index (χ1) is 9.56. The van der Waals surface area contributed by atoms with E-state index in [-0.39, 0.29) is 17.6 Å². The lowest BCUT2D eigenvalue weighted by atomic mass is 10.1. The molecule has 1 aliphatic rings. The smallest absolute Gasteiger partial charge is 0.274 e. The number of hydrogen-bond donors (Lipinski definition) is 2. The lowest BCUT2D eigenvalue weighted by Crippen LogP contribution is -2.39. The number of benzene rings is 1. The number of aryl methyl sites for hydroxylation is 1. The van der Waals surface area contributed by atoms with E-state index >= 15 is 0 Å². The van der Waals surface area contributed by atoms with Crippen LogP contribution in [-0.4, -0.2) is 34.9 Å². The van der Waals surface area contributed by atoms with Crippen molar-refractivity contribution in [1.29, 1.82) is 0 Å². The van der Waals surface area contributed by atoms with Crippen molar-refractivity contribution in [3.8, 4) is 0 Å². The number of nitro groups is 1. The van der Waals surface area contributed by atoms with Crippen molar-refractivity contribution < 1.29 is 9.72 Å². The SMILES string of the molecule is Cc1ccc(NC(=O)CC2CSCCN2)cc1[N+](=O)[O-]. The van der Waals surface area contributed by atoms with Crippen LogP contribution in [0.15, 0.2) is 18.2 Å². The molecule has 0 bridgehead atoms. The third kappa shape index (κ3) is 3.94. The highest BCUT2D eigenvalue weighted by Gasteiger charge is 2.17. The van der Waals surface area contributed by atoms with E-state index in [0.29, 0.717) is 17.7 Å². The van der Waals surface area contributed by atoms with Crippen molar-refractivity contribution >= 4 is 29.0 Å². The van der Waals surface area contributed by atoms with Gasteiger partial charge in [-0.05, 0) is 13.0 Å². The third-order valence-corrected chi connectivity index (χ3v) is 4.25. The number of carbonyl (C=O) groups excluding carboxylic acids is 1. The highest BCUT2D eigenvalue weighted by Crippen LogP contribution is 2.22. The number of amides is 1. The van der Waals surface area contributed by atoms with Crippen LogP contribution < -0.4 is 10.6 Å². The normalized spacial score (nSPS) is 18.6. The van der Waals surface area contributed by atoms with E-state index in [1.54, 1.807) is 19.1 Å². The molecule has 1 fully saturated rings. The standard InChI is InChI=1S/C13H17N3O3S/c1-9-2-3-10(6-12(9)16(18)19)15-13(17)7-11-8-20-5-4-14-11/h2-3,6,11,14H,4-5,7-8H2,1H3,(H,15,17). The first-order valence-corrected chi connectivity index (χ1v) is 7.58. The van der Waals surface area contributed by atoms with Crippen LogP contribution in [-0.2, 0) is 4.79 Å². The lowest BCUT2D eigenvalue weighted by Gasteiger charge is -2.22. The van der Waals surface area contributed by atoms with Crippen molar-refractivity contribution in [2.24, 2.45) is 0 Å². The Morgan fingerprint density at radius 2 is 2.40 bits per heavy atom. The fraction of sp³-hybridized carbons (Fsp3) is 0.462. The molecule has 0 spiro atoms. The van der Waals surface area contributed by atoms with E-state index < -0.39 is 4.92 Å². The minimum absolute atomic E-state index is 0.0224. The number of nitrogens with one attached hydrogen (secondary N) is 2. The number of nitro benzene ring substituents is 1. The summed E-state index contributed by atoms with van der Waals surface area (Å²) in [5.74, 6) is 1.87. The zero-order valence-electron chi connectivity index (χ0n) is 11.2. The predicted molar refractivity (Wildman–Crippen MR) is 80.2 cm³/mol. The Balaban J connectivity index is 1.96. The fourth-order valence-corrected chi connectivity index (χ4v) is 3.02. The van der Waals surface area contributed by atoms with Gasteiger partial charge in [0.2, 0.25) is 5.91 Å². The second-order valence-electron chi connectivity index (χ2n) is 4.74. The summed E-state index contributed by atoms with van der Waals surface area (Å²) in [6.45, 7) is 2.59. The van der Waals surface area contributed by atoms with Crippen LogP contribution in [0.3, 0.4) is 0 Å². The molecule has 0 radical (unpaired) electrons. The van der Waals surface area contributed by atoms with Gasteiger partial charge in [0.1, 0.15) is 0 Å². The molecule has 1 amide bonds. The Hall–Kier alpha value is -1.60. The first-order valence-electron chi connectivity index (χ1n) is 6.42. The van der Waals surface area contributed by atoms with E-state index in [1.807, 2.05) is 11.8 Å². The summed E-state index contributed by atoms with van der Waals surface area (Å²) in [6, 6.07) is 4.90. The maximum Gasteiger partial charge on any atom is 0.274 e. The van der Waals surface area contributed by atoms with E-state index in [9.17, 15) is 14.9 Å². The molecule has 2 rings (SSSR count). The maximum atomic E-state index is 11.9. The number of hydrogen-bond acceptors (Lipinski definition) is 5. The molecule has 0 aromatic heterocycles.